The number of hydrogen-bond acceptors (Lipinski definition) is 1. The molecule has 0 N–H and O–H groups in total. The molecule has 2 rings (SSSR count). The fourth-order valence-corrected chi connectivity index (χ4v) is 2.55. The summed E-state index contributed by atoms with van der Waals surface area (Å²) in [6.45, 7) is 0. The van der Waals surface area contributed by atoms with Crippen LogP contribution in [0.15, 0.2) is 48.6 Å². The van der Waals surface area contributed by atoms with Gasteiger partial charge in [-0.25, -0.2) is 4.39 Å². The maximum absolute atomic E-state index is 14.7. The molecule has 86 valence electrons. The molecule has 0 radical (unpaired) electrons. The molecule has 2 atom stereocenters. The molecule has 0 aliphatic heterocycles. The molecular formula is C14H11BrFN. The Hall–Kier alpha value is -1.40. The van der Waals surface area contributed by atoms with Crippen molar-refractivity contribution >= 4 is 15.9 Å². The Morgan fingerprint density at radius 1 is 1.35 bits per heavy atom. The van der Waals surface area contributed by atoms with Crippen LogP contribution in [-0.4, -0.2) is 11.0 Å². The third-order valence-electron chi connectivity index (χ3n) is 2.93. The fourth-order valence-electron chi connectivity index (χ4n) is 2.01. The Morgan fingerprint density at radius 3 is 2.82 bits per heavy atom. The molecule has 0 bridgehead atoms. The van der Waals surface area contributed by atoms with Crippen molar-refractivity contribution in [3.63, 3.8) is 0 Å². The van der Waals surface area contributed by atoms with Crippen LogP contribution in [0.1, 0.15) is 17.0 Å². The van der Waals surface area contributed by atoms with Crippen LogP contribution in [-0.2, 0) is 0 Å². The van der Waals surface area contributed by atoms with Crippen LogP contribution in [0.3, 0.4) is 0 Å². The molecule has 1 aliphatic carbocycles. The van der Waals surface area contributed by atoms with Gasteiger partial charge in [-0.1, -0.05) is 52.4 Å². The number of allylic oxidation sites excluding steroid dienone is 4. The largest absolute Gasteiger partial charge is 0.237 e. The van der Waals surface area contributed by atoms with Crippen molar-refractivity contribution < 1.29 is 4.39 Å². The Morgan fingerprint density at radius 2 is 2.12 bits per heavy atom. The van der Waals surface area contributed by atoms with Gasteiger partial charge in [0, 0.05) is 11.2 Å². The smallest absolute Gasteiger partial charge is 0.149 e. The average molecular weight is 292 g/mol. The molecule has 0 saturated carbocycles. The quantitative estimate of drug-likeness (QED) is 0.759. The van der Waals surface area contributed by atoms with Gasteiger partial charge in [0.1, 0.15) is 5.67 Å². The van der Waals surface area contributed by atoms with Crippen LogP contribution in [0.4, 0.5) is 4.39 Å². The molecule has 0 heterocycles. The molecule has 0 spiro atoms. The number of benzene rings is 1. The standard InChI is InChI=1S/C14H11BrFN/c15-10-14(16)8-4-3-7-13(14)12-6-2-1-5-11(12)9-17/h1-8,13H,10H2. The van der Waals surface area contributed by atoms with Gasteiger partial charge in [-0.2, -0.15) is 5.26 Å². The van der Waals surface area contributed by atoms with Crippen LogP contribution >= 0.6 is 15.9 Å². The zero-order chi connectivity index (χ0) is 12.3. The van der Waals surface area contributed by atoms with Gasteiger partial charge in [-0.05, 0) is 17.7 Å². The number of alkyl halides is 2. The Kier molecular flexibility index (Phi) is 3.44. The number of hydrogen-bond donors (Lipinski definition) is 0. The van der Waals surface area contributed by atoms with E-state index in [9.17, 15) is 4.39 Å². The first-order chi connectivity index (χ1) is 8.21. The van der Waals surface area contributed by atoms with Crippen molar-refractivity contribution in [3.05, 3.63) is 59.7 Å². The molecule has 0 aromatic heterocycles. The lowest BCUT2D eigenvalue weighted by Crippen LogP contribution is -2.31. The second-order valence-electron chi connectivity index (χ2n) is 3.98. The molecule has 1 aliphatic rings. The predicted molar refractivity (Wildman–Crippen MR) is 69.8 cm³/mol. The normalized spacial score (nSPS) is 26.8. The summed E-state index contributed by atoms with van der Waals surface area (Å²) in [5, 5.41) is 9.28. The molecule has 1 nitrogen and oxygen atoms in total. The van der Waals surface area contributed by atoms with E-state index in [1.54, 1.807) is 30.4 Å². The van der Waals surface area contributed by atoms with E-state index in [4.69, 9.17) is 5.26 Å². The molecule has 0 saturated heterocycles. The van der Waals surface area contributed by atoms with E-state index in [1.807, 2.05) is 18.2 Å². The lowest BCUT2D eigenvalue weighted by Gasteiger charge is -2.30. The van der Waals surface area contributed by atoms with Crippen LogP contribution in [0.5, 0.6) is 0 Å². The number of rotatable bonds is 2. The SMILES string of the molecule is N#Cc1ccccc1C1C=CC=CC1(F)CBr. The van der Waals surface area contributed by atoms with Crippen LogP contribution in [0.2, 0.25) is 0 Å². The summed E-state index contributed by atoms with van der Waals surface area (Å²) in [4.78, 5) is 0. The van der Waals surface area contributed by atoms with Crippen molar-refractivity contribution in [1.82, 2.24) is 0 Å². The highest BCUT2D eigenvalue weighted by Crippen LogP contribution is 2.39. The Labute approximate surface area is 108 Å². The summed E-state index contributed by atoms with van der Waals surface area (Å²) < 4.78 is 14.7. The Bertz CT molecular complexity index is 515. The average Bonchev–Trinajstić information content (AvgIpc) is 2.39. The predicted octanol–water partition coefficient (Wildman–Crippen LogP) is 3.87. The minimum Gasteiger partial charge on any atom is -0.237 e. The summed E-state index contributed by atoms with van der Waals surface area (Å²) in [5.74, 6) is -0.414. The molecule has 3 heteroatoms. The molecule has 2 unspecified atom stereocenters. The zero-order valence-corrected chi connectivity index (χ0v) is 10.7. The fraction of sp³-hybridized carbons (Fsp3) is 0.214. The topological polar surface area (TPSA) is 23.8 Å². The minimum absolute atomic E-state index is 0.214. The van der Waals surface area contributed by atoms with Crippen molar-refractivity contribution in [2.24, 2.45) is 0 Å². The van der Waals surface area contributed by atoms with E-state index >= 15 is 0 Å². The van der Waals surface area contributed by atoms with Crippen molar-refractivity contribution in [3.8, 4) is 6.07 Å². The van der Waals surface area contributed by atoms with E-state index in [1.165, 1.54) is 0 Å². The first-order valence-corrected chi connectivity index (χ1v) is 6.43. The zero-order valence-electron chi connectivity index (χ0n) is 9.11. The van der Waals surface area contributed by atoms with Crippen LogP contribution in [0, 0.1) is 11.3 Å². The highest BCUT2D eigenvalue weighted by molar-refractivity contribution is 9.09. The van der Waals surface area contributed by atoms with Gasteiger partial charge >= 0.3 is 0 Å². The van der Waals surface area contributed by atoms with Gasteiger partial charge in [-0.15, -0.1) is 0 Å². The Balaban J connectivity index is 2.49. The molecular weight excluding hydrogens is 281 g/mol. The highest BCUT2D eigenvalue weighted by Gasteiger charge is 2.37. The van der Waals surface area contributed by atoms with Crippen molar-refractivity contribution in [1.29, 1.82) is 5.26 Å². The van der Waals surface area contributed by atoms with Gasteiger partial charge in [-0.3, -0.25) is 0 Å². The van der Waals surface area contributed by atoms with Gasteiger partial charge < -0.3 is 0 Å². The van der Waals surface area contributed by atoms with Gasteiger partial charge in [0.15, 0.2) is 0 Å². The lowest BCUT2D eigenvalue weighted by molar-refractivity contribution is 0.238. The molecule has 17 heavy (non-hydrogen) atoms. The summed E-state index contributed by atoms with van der Waals surface area (Å²) in [5.41, 5.74) is -0.209. The number of nitriles is 1. The van der Waals surface area contributed by atoms with Gasteiger partial charge in [0.25, 0.3) is 0 Å². The third-order valence-corrected chi connectivity index (χ3v) is 3.79. The summed E-state index contributed by atoms with van der Waals surface area (Å²) in [7, 11) is 0. The molecule has 0 fully saturated rings. The van der Waals surface area contributed by atoms with Crippen LogP contribution < -0.4 is 0 Å². The van der Waals surface area contributed by atoms with E-state index in [-0.39, 0.29) is 5.33 Å². The monoisotopic (exact) mass is 291 g/mol. The van der Waals surface area contributed by atoms with Crippen LogP contribution in [0.25, 0.3) is 0 Å². The number of nitrogens with zero attached hydrogens (tertiary/aromatic N) is 1. The lowest BCUT2D eigenvalue weighted by atomic mass is 9.80. The molecule has 1 aromatic rings. The maximum atomic E-state index is 14.7. The van der Waals surface area contributed by atoms with Crippen molar-refractivity contribution in [2.45, 2.75) is 11.6 Å². The second kappa shape index (κ2) is 4.85. The first kappa shape index (κ1) is 12.1. The van der Waals surface area contributed by atoms with Gasteiger partial charge in [0.05, 0.1) is 11.6 Å². The van der Waals surface area contributed by atoms with E-state index in [2.05, 4.69) is 22.0 Å². The van der Waals surface area contributed by atoms with Crippen molar-refractivity contribution in [2.75, 3.05) is 5.33 Å². The van der Waals surface area contributed by atoms with E-state index < -0.39 is 11.6 Å². The summed E-state index contributed by atoms with van der Waals surface area (Å²) in [6, 6.07) is 9.26. The summed E-state index contributed by atoms with van der Waals surface area (Å²) in [6.07, 6.45) is 6.87. The van der Waals surface area contributed by atoms with Gasteiger partial charge in [0.2, 0.25) is 0 Å². The maximum Gasteiger partial charge on any atom is 0.149 e. The molecule has 1 aromatic carbocycles. The van der Waals surface area contributed by atoms with E-state index in [0.29, 0.717) is 5.56 Å². The minimum atomic E-state index is -1.47. The number of halogens is 2. The first-order valence-electron chi connectivity index (χ1n) is 5.31. The van der Waals surface area contributed by atoms with E-state index in [0.717, 1.165) is 5.56 Å². The highest BCUT2D eigenvalue weighted by atomic mass is 79.9. The second-order valence-corrected chi connectivity index (χ2v) is 4.54. The summed E-state index contributed by atoms with van der Waals surface area (Å²) >= 11 is 3.21. The molecule has 0 amide bonds. The third kappa shape index (κ3) is 2.18.